The summed E-state index contributed by atoms with van der Waals surface area (Å²) in [4.78, 5) is 32.1. The lowest BCUT2D eigenvalue weighted by Crippen LogP contribution is -2.43. The number of hydrogen-bond donors (Lipinski definition) is 1. The van der Waals surface area contributed by atoms with Crippen molar-refractivity contribution in [3.05, 3.63) is 69.3 Å². The van der Waals surface area contributed by atoms with Crippen LogP contribution in [0.5, 0.6) is 0 Å². The number of oxazole rings is 1. The van der Waals surface area contributed by atoms with Crippen molar-refractivity contribution in [2.24, 2.45) is 12.8 Å². The van der Waals surface area contributed by atoms with Crippen molar-refractivity contribution in [1.82, 2.24) is 9.55 Å². The first-order valence-corrected chi connectivity index (χ1v) is 10.9. The first-order valence-electron chi connectivity index (χ1n) is 10.5. The third kappa shape index (κ3) is 3.15. The fourth-order valence-electron chi connectivity index (χ4n) is 4.61. The van der Waals surface area contributed by atoms with Gasteiger partial charge >= 0.3 is 0 Å². The van der Waals surface area contributed by atoms with Gasteiger partial charge in [0.25, 0.3) is 11.5 Å². The van der Waals surface area contributed by atoms with Gasteiger partial charge in [0, 0.05) is 36.0 Å². The lowest BCUT2D eigenvalue weighted by molar-refractivity contribution is 0.0999. The van der Waals surface area contributed by atoms with E-state index >= 15 is 0 Å². The van der Waals surface area contributed by atoms with Crippen molar-refractivity contribution in [2.75, 3.05) is 18.0 Å². The second-order valence-electron chi connectivity index (χ2n) is 8.65. The lowest BCUT2D eigenvalue weighted by atomic mass is 9.80. The quantitative estimate of drug-likeness (QED) is 0.509. The Hall–Kier alpha value is -3.32. The van der Waals surface area contributed by atoms with E-state index in [1.807, 2.05) is 30.3 Å². The Labute approximate surface area is 189 Å². The van der Waals surface area contributed by atoms with E-state index in [1.54, 1.807) is 19.2 Å². The molecule has 0 spiro atoms. The average molecular weight is 451 g/mol. The Morgan fingerprint density at radius 2 is 1.91 bits per heavy atom. The standard InChI is InChI=1S/C24H23ClN4O3/c1-24(23-27-16-5-3-4-6-18(16)32-23)9-11-29(12-10-24)20-15-8-7-14(25)13-17(15)28(2)22(31)19(20)21(26)30/h3-8,13H,9-12H2,1-2H3,(H2,26,30). The Bertz CT molecular complexity index is 1400. The molecular formula is C24H23ClN4O3. The van der Waals surface area contributed by atoms with Gasteiger partial charge in [0.2, 0.25) is 5.89 Å². The molecule has 1 amide bonds. The Balaban J connectivity index is 1.56. The highest BCUT2D eigenvalue weighted by Crippen LogP contribution is 2.39. The van der Waals surface area contributed by atoms with Crippen LogP contribution in [0.15, 0.2) is 51.7 Å². The molecular weight excluding hydrogens is 428 g/mol. The maximum absolute atomic E-state index is 13.0. The number of aromatic nitrogens is 2. The SMILES string of the molecule is Cn1c(=O)c(C(N)=O)c(N2CCC(C)(c3nc4ccccc4o3)CC2)c2ccc(Cl)cc21. The molecule has 32 heavy (non-hydrogen) atoms. The minimum Gasteiger partial charge on any atom is -0.440 e. The number of anilines is 1. The maximum Gasteiger partial charge on any atom is 0.265 e. The zero-order valence-electron chi connectivity index (χ0n) is 17.9. The zero-order chi connectivity index (χ0) is 22.6. The number of carbonyl (C=O) groups is 1. The molecule has 3 heterocycles. The number of amides is 1. The van der Waals surface area contributed by atoms with E-state index in [0.717, 1.165) is 29.3 Å². The number of piperidine rings is 1. The number of nitrogens with zero attached hydrogens (tertiary/aromatic N) is 3. The van der Waals surface area contributed by atoms with E-state index in [1.165, 1.54) is 4.57 Å². The van der Waals surface area contributed by atoms with Crippen molar-refractivity contribution < 1.29 is 9.21 Å². The van der Waals surface area contributed by atoms with Crippen LogP contribution in [0.4, 0.5) is 5.69 Å². The van der Waals surface area contributed by atoms with E-state index in [4.69, 9.17) is 26.7 Å². The number of aryl methyl sites for hydroxylation is 1. The molecule has 2 aromatic carbocycles. The largest absolute Gasteiger partial charge is 0.440 e. The summed E-state index contributed by atoms with van der Waals surface area (Å²) >= 11 is 6.18. The third-order valence-electron chi connectivity index (χ3n) is 6.57. The Morgan fingerprint density at radius 3 is 2.59 bits per heavy atom. The number of para-hydroxylation sites is 2. The number of hydrogen-bond acceptors (Lipinski definition) is 5. The van der Waals surface area contributed by atoms with E-state index < -0.39 is 11.5 Å². The van der Waals surface area contributed by atoms with Gasteiger partial charge in [-0.2, -0.15) is 0 Å². The molecule has 5 rings (SSSR count). The maximum atomic E-state index is 13.0. The van der Waals surface area contributed by atoms with E-state index in [2.05, 4.69) is 11.8 Å². The van der Waals surface area contributed by atoms with Crippen LogP contribution in [0.25, 0.3) is 22.0 Å². The normalized spacial score (nSPS) is 16.0. The minimum absolute atomic E-state index is 0.00721. The van der Waals surface area contributed by atoms with E-state index in [9.17, 15) is 9.59 Å². The van der Waals surface area contributed by atoms with Crippen molar-refractivity contribution in [1.29, 1.82) is 0 Å². The van der Waals surface area contributed by atoms with Gasteiger partial charge in [0.05, 0.1) is 11.2 Å². The van der Waals surface area contributed by atoms with Crippen LogP contribution in [0.2, 0.25) is 5.02 Å². The van der Waals surface area contributed by atoms with Crippen LogP contribution in [0.1, 0.15) is 36.0 Å². The number of primary amides is 1. The van der Waals surface area contributed by atoms with Crippen molar-refractivity contribution in [3.8, 4) is 0 Å². The monoisotopic (exact) mass is 450 g/mol. The van der Waals surface area contributed by atoms with Gasteiger partial charge in [-0.3, -0.25) is 9.59 Å². The lowest BCUT2D eigenvalue weighted by Gasteiger charge is -2.39. The molecule has 2 N–H and O–H groups in total. The summed E-state index contributed by atoms with van der Waals surface area (Å²) in [5, 5.41) is 1.29. The Kier molecular flexibility index (Phi) is 4.74. The van der Waals surface area contributed by atoms with Crippen molar-refractivity contribution in [2.45, 2.75) is 25.2 Å². The molecule has 1 saturated heterocycles. The molecule has 1 fully saturated rings. The van der Waals surface area contributed by atoms with Crippen LogP contribution >= 0.6 is 11.6 Å². The fraction of sp³-hybridized carbons (Fsp3) is 0.292. The van der Waals surface area contributed by atoms with Gasteiger partial charge in [-0.15, -0.1) is 0 Å². The average Bonchev–Trinajstić information content (AvgIpc) is 3.22. The molecule has 0 aliphatic carbocycles. The number of fused-ring (bicyclic) bond motifs is 2. The summed E-state index contributed by atoms with van der Waals surface area (Å²) in [6.45, 7) is 3.40. The summed E-state index contributed by atoms with van der Waals surface area (Å²) in [7, 11) is 1.62. The van der Waals surface area contributed by atoms with Crippen molar-refractivity contribution in [3.63, 3.8) is 0 Å². The smallest absolute Gasteiger partial charge is 0.265 e. The predicted octanol–water partition coefficient (Wildman–Crippen LogP) is 3.99. The molecule has 7 nitrogen and oxygen atoms in total. The number of rotatable bonds is 3. The van der Waals surface area contributed by atoms with Crippen LogP contribution in [0.3, 0.4) is 0 Å². The topological polar surface area (TPSA) is 94.4 Å². The highest BCUT2D eigenvalue weighted by Gasteiger charge is 2.38. The minimum atomic E-state index is -0.732. The summed E-state index contributed by atoms with van der Waals surface area (Å²) in [5.74, 6) is -0.0150. The van der Waals surface area contributed by atoms with Gasteiger partial charge in [-0.1, -0.05) is 30.7 Å². The molecule has 2 aromatic heterocycles. The van der Waals surface area contributed by atoms with Gasteiger partial charge in [-0.05, 0) is 43.2 Å². The van der Waals surface area contributed by atoms with Crippen LogP contribution in [0, 0.1) is 0 Å². The number of nitrogens with two attached hydrogens (primary N) is 1. The highest BCUT2D eigenvalue weighted by atomic mass is 35.5. The third-order valence-corrected chi connectivity index (χ3v) is 6.81. The molecule has 164 valence electrons. The molecule has 0 saturated carbocycles. The van der Waals surface area contributed by atoms with Gasteiger partial charge in [0.1, 0.15) is 11.1 Å². The summed E-state index contributed by atoms with van der Waals surface area (Å²) in [6, 6.07) is 13.1. The van der Waals surface area contributed by atoms with Gasteiger partial charge in [0.15, 0.2) is 5.58 Å². The van der Waals surface area contributed by atoms with Gasteiger partial charge in [-0.25, -0.2) is 4.98 Å². The molecule has 0 radical (unpaired) electrons. The first-order chi connectivity index (χ1) is 15.3. The molecule has 0 unspecified atom stereocenters. The first kappa shape index (κ1) is 20.6. The molecule has 0 atom stereocenters. The van der Waals surface area contributed by atoms with Crippen LogP contribution < -0.4 is 16.2 Å². The molecule has 8 heteroatoms. The molecule has 0 bridgehead atoms. The summed E-state index contributed by atoms with van der Waals surface area (Å²) in [5.41, 5.74) is 7.86. The van der Waals surface area contributed by atoms with Crippen molar-refractivity contribution >= 4 is 45.2 Å². The summed E-state index contributed by atoms with van der Waals surface area (Å²) in [6.07, 6.45) is 1.50. The fourth-order valence-corrected chi connectivity index (χ4v) is 4.78. The number of benzene rings is 2. The second kappa shape index (κ2) is 7.38. The second-order valence-corrected chi connectivity index (χ2v) is 9.08. The molecule has 1 aliphatic heterocycles. The number of carbonyl (C=O) groups excluding carboxylic acids is 1. The van der Waals surface area contributed by atoms with Crippen LogP contribution in [-0.2, 0) is 12.5 Å². The van der Waals surface area contributed by atoms with Crippen LogP contribution in [-0.4, -0.2) is 28.5 Å². The zero-order valence-corrected chi connectivity index (χ0v) is 18.6. The number of halogens is 1. The Morgan fingerprint density at radius 1 is 1.19 bits per heavy atom. The van der Waals surface area contributed by atoms with E-state index in [0.29, 0.717) is 35.2 Å². The molecule has 4 aromatic rings. The number of pyridine rings is 1. The predicted molar refractivity (Wildman–Crippen MR) is 126 cm³/mol. The molecule has 1 aliphatic rings. The highest BCUT2D eigenvalue weighted by molar-refractivity contribution is 6.31. The van der Waals surface area contributed by atoms with E-state index in [-0.39, 0.29) is 11.0 Å². The van der Waals surface area contributed by atoms with Gasteiger partial charge < -0.3 is 19.6 Å². The summed E-state index contributed by atoms with van der Waals surface area (Å²) < 4.78 is 7.49.